The summed E-state index contributed by atoms with van der Waals surface area (Å²) in [6, 6.07) is -0.0184. The number of urea groups is 1. The van der Waals surface area contributed by atoms with E-state index in [1.165, 1.54) is 0 Å². The Morgan fingerprint density at radius 2 is 1.85 bits per heavy atom. The molecular formula is C15H28N2O3. The number of rotatable bonds is 6. The fraction of sp³-hybridized carbons (Fsp3) is 0.867. The van der Waals surface area contributed by atoms with Crippen molar-refractivity contribution in [3.63, 3.8) is 0 Å². The molecule has 2 N–H and O–H groups in total. The summed E-state index contributed by atoms with van der Waals surface area (Å²) in [5.74, 6) is -0.774. The van der Waals surface area contributed by atoms with Gasteiger partial charge in [0.2, 0.25) is 0 Å². The highest BCUT2D eigenvalue weighted by atomic mass is 16.4. The monoisotopic (exact) mass is 284 g/mol. The Hall–Kier alpha value is -1.26. The van der Waals surface area contributed by atoms with E-state index in [1.54, 1.807) is 4.90 Å². The molecule has 0 radical (unpaired) electrons. The van der Waals surface area contributed by atoms with Gasteiger partial charge in [-0.25, -0.2) is 4.79 Å². The average molecular weight is 284 g/mol. The number of hydrogen-bond acceptors (Lipinski definition) is 2. The molecule has 5 heteroatoms. The molecule has 5 nitrogen and oxygen atoms in total. The maximum Gasteiger partial charge on any atom is 0.317 e. The van der Waals surface area contributed by atoms with Crippen molar-refractivity contribution in [3.8, 4) is 0 Å². The van der Waals surface area contributed by atoms with E-state index in [2.05, 4.69) is 5.32 Å². The third-order valence-corrected chi connectivity index (χ3v) is 4.19. The van der Waals surface area contributed by atoms with Crippen LogP contribution in [0.25, 0.3) is 0 Å². The first-order valence-electron chi connectivity index (χ1n) is 7.71. The van der Waals surface area contributed by atoms with Crippen molar-refractivity contribution in [2.45, 2.75) is 65.3 Å². The summed E-state index contributed by atoms with van der Waals surface area (Å²) in [6.07, 6.45) is 5.19. The zero-order valence-electron chi connectivity index (χ0n) is 12.9. The third kappa shape index (κ3) is 4.12. The Labute approximate surface area is 121 Å². The maximum atomic E-state index is 12.2. The first-order chi connectivity index (χ1) is 9.43. The molecule has 1 rings (SSSR count). The standard InChI is InChI=1S/C15H28N2O3/c1-4-10-17(12(2)3)14(20)16-11-15(13(18)19)8-6-5-7-9-15/h12H,4-11H2,1-3H3,(H,16,20)(H,18,19). The van der Waals surface area contributed by atoms with Crippen molar-refractivity contribution >= 4 is 12.0 Å². The number of nitrogens with zero attached hydrogens (tertiary/aromatic N) is 1. The van der Waals surface area contributed by atoms with Gasteiger partial charge in [-0.15, -0.1) is 0 Å². The Bertz CT molecular complexity index is 336. The van der Waals surface area contributed by atoms with Gasteiger partial charge in [-0.2, -0.15) is 0 Å². The molecule has 1 aliphatic rings. The van der Waals surface area contributed by atoms with Crippen LogP contribution in [0.3, 0.4) is 0 Å². The fourth-order valence-electron chi connectivity index (χ4n) is 2.88. The van der Waals surface area contributed by atoms with Gasteiger partial charge < -0.3 is 15.3 Å². The van der Waals surface area contributed by atoms with E-state index < -0.39 is 11.4 Å². The Balaban J connectivity index is 2.62. The highest BCUT2D eigenvalue weighted by molar-refractivity contribution is 5.78. The van der Waals surface area contributed by atoms with Gasteiger partial charge in [0.25, 0.3) is 0 Å². The largest absolute Gasteiger partial charge is 0.481 e. The second kappa shape index (κ2) is 7.50. The van der Waals surface area contributed by atoms with Crippen molar-refractivity contribution < 1.29 is 14.7 Å². The van der Waals surface area contributed by atoms with Gasteiger partial charge in [0.1, 0.15) is 0 Å². The van der Waals surface area contributed by atoms with Gasteiger partial charge in [0.15, 0.2) is 0 Å². The van der Waals surface area contributed by atoms with Gasteiger partial charge in [-0.05, 0) is 33.1 Å². The van der Waals surface area contributed by atoms with Crippen molar-refractivity contribution in [1.29, 1.82) is 0 Å². The summed E-state index contributed by atoms with van der Waals surface area (Å²) in [5, 5.41) is 12.3. The van der Waals surface area contributed by atoms with Crippen LogP contribution in [0, 0.1) is 5.41 Å². The minimum absolute atomic E-state index is 0.127. The molecule has 0 aromatic rings. The minimum Gasteiger partial charge on any atom is -0.481 e. The molecular weight excluding hydrogens is 256 g/mol. The number of carboxylic acids is 1. The summed E-state index contributed by atoms with van der Waals surface area (Å²) in [4.78, 5) is 25.5. The van der Waals surface area contributed by atoms with Gasteiger partial charge >= 0.3 is 12.0 Å². The zero-order chi connectivity index (χ0) is 15.2. The molecule has 0 saturated heterocycles. The van der Waals surface area contributed by atoms with Crippen LogP contribution in [0.15, 0.2) is 0 Å². The summed E-state index contributed by atoms with van der Waals surface area (Å²) in [6.45, 7) is 6.92. The Kier molecular flexibility index (Phi) is 6.30. The number of carbonyl (C=O) groups excluding carboxylic acids is 1. The number of carbonyl (C=O) groups is 2. The van der Waals surface area contributed by atoms with Crippen LogP contribution in [0.4, 0.5) is 4.79 Å². The topological polar surface area (TPSA) is 69.6 Å². The van der Waals surface area contributed by atoms with E-state index >= 15 is 0 Å². The first-order valence-corrected chi connectivity index (χ1v) is 7.71. The molecule has 0 aliphatic heterocycles. The molecule has 0 aromatic carbocycles. The molecule has 1 fully saturated rings. The van der Waals surface area contributed by atoms with Gasteiger partial charge in [0.05, 0.1) is 5.41 Å². The van der Waals surface area contributed by atoms with E-state index in [-0.39, 0.29) is 18.6 Å². The molecule has 116 valence electrons. The van der Waals surface area contributed by atoms with Crippen molar-refractivity contribution in [3.05, 3.63) is 0 Å². The molecule has 2 amide bonds. The SMILES string of the molecule is CCCN(C(=O)NCC1(C(=O)O)CCCCC1)C(C)C. The molecule has 0 unspecified atom stereocenters. The Morgan fingerprint density at radius 1 is 1.25 bits per heavy atom. The van der Waals surface area contributed by atoms with E-state index in [4.69, 9.17) is 0 Å². The van der Waals surface area contributed by atoms with E-state index in [1.807, 2.05) is 20.8 Å². The van der Waals surface area contributed by atoms with Crippen molar-refractivity contribution in [1.82, 2.24) is 10.2 Å². The lowest BCUT2D eigenvalue weighted by molar-refractivity contribution is -0.150. The van der Waals surface area contributed by atoms with Crippen LogP contribution < -0.4 is 5.32 Å². The number of amides is 2. The van der Waals surface area contributed by atoms with Gasteiger partial charge in [0, 0.05) is 19.1 Å². The fourth-order valence-corrected chi connectivity index (χ4v) is 2.88. The zero-order valence-corrected chi connectivity index (χ0v) is 12.9. The van der Waals surface area contributed by atoms with Crippen molar-refractivity contribution in [2.24, 2.45) is 5.41 Å². The lowest BCUT2D eigenvalue weighted by Crippen LogP contribution is -2.50. The smallest absolute Gasteiger partial charge is 0.317 e. The highest BCUT2D eigenvalue weighted by Crippen LogP contribution is 2.36. The maximum absolute atomic E-state index is 12.2. The molecule has 0 atom stereocenters. The van der Waals surface area contributed by atoms with Crippen LogP contribution in [-0.2, 0) is 4.79 Å². The summed E-state index contributed by atoms with van der Waals surface area (Å²) in [7, 11) is 0. The molecule has 0 bridgehead atoms. The quantitative estimate of drug-likeness (QED) is 0.788. The molecule has 20 heavy (non-hydrogen) atoms. The van der Waals surface area contributed by atoms with E-state index in [0.29, 0.717) is 19.4 Å². The number of nitrogens with one attached hydrogen (secondary N) is 1. The predicted molar refractivity (Wildman–Crippen MR) is 78.7 cm³/mol. The summed E-state index contributed by atoms with van der Waals surface area (Å²) < 4.78 is 0. The highest BCUT2D eigenvalue weighted by Gasteiger charge is 2.40. The van der Waals surface area contributed by atoms with E-state index in [0.717, 1.165) is 25.7 Å². The van der Waals surface area contributed by atoms with Crippen LogP contribution in [-0.4, -0.2) is 41.1 Å². The average Bonchev–Trinajstić information content (AvgIpc) is 2.42. The molecule has 0 aromatic heterocycles. The third-order valence-electron chi connectivity index (χ3n) is 4.19. The molecule has 0 heterocycles. The minimum atomic E-state index is -0.774. The summed E-state index contributed by atoms with van der Waals surface area (Å²) in [5.41, 5.74) is -0.761. The van der Waals surface area contributed by atoms with Crippen molar-refractivity contribution in [2.75, 3.05) is 13.1 Å². The number of aliphatic carboxylic acids is 1. The van der Waals surface area contributed by atoms with Crippen LogP contribution in [0.2, 0.25) is 0 Å². The predicted octanol–water partition coefficient (Wildman–Crippen LogP) is 2.85. The molecule has 1 saturated carbocycles. The normalized spacial score (nSPS) is 17.8. The first kappa shape index (κ1) is 16.8. The molecule has 0 spiro atoms. The second-order valence-corrected chi connectivity index (χ2v) is 6.09. The van der Waals surface area contributed by atoms with Crippen LogP contribution in [0.5, 0.6) is 0 Å². The number of carboxylic acid groups (broad SMARTS) is 1. The number of hydrogen-bond donors (Lipinski definition) is 2. The van der Waals surface area contributed by atoms with Gasteiger partial charge in [-0.1, -0.05) is 26.2 Å². The van der Waals surface area contributed by atoms with Gasteiger partial charge in [-0.3, -0.25) is 4.79 Å². The lowest BCUT2D eigenvalue weighted by Gasteiger charge is -2.34. The second-order valence-electron chi connectivity index (χ2n) is 6.09. The molecule has 1 aliphatic carbocycles. The van der Waals surface area contributed by atoms with E-state index in [9.17, 15) is 14.7 Å². The Morgan fingerprint density at radius 3 is 2.30 bits per heavy atom. The van der Waals surface area contributed by atoms with Crippen LogP contribution in [0.1, 0.15) is 59.3 Å². The van der Waals surface area contributed by atoms with Crippen LogP contribution >= 0.6 is 0 Å². The lowest BCUT2D eigenvalue weighted by atomic mass is 9.74. The summed E-state index contributed by atoms with van der Waals surface area (Å²) >= 11 is 0.